The first-order valence-corrected chi connectivity index (χ1v) is 9.47. The number of hydrogen-bond acceptors (Lipinski definition) is 6. The molecule has 0 fully saturated rings. The molecule has 0 aliphatic rings. The van der Waals surface area contributed by atoms with E-state index < -0.39 is 5.91 Å². The van der Waals surface area contributed by atoms with Crippen molar-refractivity contribution in [2.24, 2.45) is 5.73 Å². The topological polar surface area (TPSA) is 92.0 Å². The maximum atomic E-state index is 10.9. The Morgan fingerprint density at radius 1 is 1.00 bits per heavy atom. The first kappa shape index (κ1) is 24.9. The highest BCUT2D eigenvalue weighted by molar-refractivity contribution is 9.10. The molecule has 0 aromatic heterocycles. The Morgan fingerprint density at radius 3 is 2.28 bits per heavy atom. The number of nitrogens with two attached hydrogens (primary N) is 1. The van der Waals surface area contributed by atoms with Crippen LogP contribution in [0.4, 0.5) is 0 Å². The summed E-state index contributed by atoms with van der Waals surface area (Å²) in [6, 6.07) is 9.69. The van der Waals surface area contributed by atoms with E-state index in [-0.39, 0.29) is 19.0 Å². The zero-order valence-electron chi connectivity index (χ0n) is 16.6. The lowest BCUT2D eigenvalue weighted by atomic mass is 10.1. The molecule has 0 radical (unpaired) electrons. The largest absolute Gasteiger partial charge is 0.493 e. The number of rotatable bonds is 11. The quantitative estimate of drug-likeness (QED) is 0.471. The van der Waals surface area contributed by atoms with E-state index >= 15 is 0 Å². The number of carbonyl (C=O) groups is 1. The van der Waals surface area contributed by atoms with Gasteiger partial charge in [0.15, 0.2) is 29.6 Å². The van der Waals surface area contributed by atoms with Gasteiger partial charge in [0.1, 0.15) is 0 Å². The van der Waals surface area contributed by atoms with Crippen LogP contribution in [0, 0.1) is 0 Å². The maximum Gasteiger partial charge on any atom is 0.255 e. The molecule has 2 aromatic rings. The van der Waals surface area contributed by atoms with Gasteiger partial charge in [0, 0.05) is 6.54 Å². The van der Waals surface area contributed by atoms with Crippen molar-refractivity contribution in [1.29, 1.82) is 0 Å². The number of halogens is 2. The smallest absolute Gasteiger partial charge is 0.255 e. The Hall–Kier alpha value is -2.16. The second kappa shape index (κ2) is 12.4. The van der Waals surface area contributed by atoms with E-state index in [1.165, 1.54) is 0 Å². The zero-order chi connectivity index (χ0) is 20.5. The van der Waals surface area contributed by atoms with Crippen LogP contribution >= 0.6 is 28.3 Å². The first-order chi connectivity index (χ1) is 13.5. The van der Waals surface area contributed by atoms with Crippen LogP contribution in [0.15, 0.2) is 34.8 Å². The van der Waals surface area contributed by atoms with Gasteiger partial charge in [-0.1, -0.05) is 6.07 Å². The number of carbonyl (C=O) groups excluding carboxylic acids is 1. The standard InChI is InChI=1S/C20H25BrN2O5.ClH/c1-25-16-5-4-13(9-17(16)26-2)6-7-23-11-14-8-15(21)20(18(10-14)27-3)28-12-19(22)24;/h4-5,8-10,23H,6-7,11-12H2,1-3H3,(H2,22,24);1H. The average molecular weight is 490 g/mol. The fraction of sp³-hybridized carbons (Fsp3) is 0.350. The predicted molar refractivity (Wildman–Crippen MR) is 118 cm³/mol. The van der Waals surface area contributed by atoms with Crippen molar-refractivity contribution in [2.75, 3.05) is 34.5 Å². The fourth-order valence-corrected chi connectivity index (χ4v) is 3.26. The highest BCUT2D eigenvalue weighted by atomic mass is 79.9. The van der Waals surface area contributed by atoms with Gasteiger partial charge in [0.25, 0.3) is 5.91 Å². The minimum absolute atomic E-state index is 0. The molecule has 0 heterocycles. The fourth-order valence-electron chi connectivity index (χ4n) is 2.66. The molecule has 160 valence electrons. The SMILES string of the molecule is COc1ccc(CCNCc2cc(Br)c(OCC(N)=O)c(OC)c2)cc1OC.Cl. The van der Waals surface area contributed by atoms with E-state index in [0.717, 1.165) is 35.6 Å². The average Bonchev–Trinajstić information content (AvgIpc) is 2.69. The normalized spacial score (nSPS) is 10.1. The number of nitrogens with one attached hydrogen (secondary N) is 1. The van der Waals surface area contributed by atoms with Crippen LogP contribution in [0.3, 0.4) is 0 Å². The van der Waals surface area contributed by atoms with Crippen molar-refractivity contribution in [3.05, 3.63) is 45.9 Å². The molecule has 0 saturated heterocycles. The van der Waals surface area contributed by atoms with Crippen molar-refractivity contribution in [2.45, 2.75) is 13.0 Å². The summed E-state index contributed by atoms with van der Waals surface area (Å²) in [5, 5.41) is 3.40. The third-order valence-corrected chi connectivity index (χ3v) is 4.60. The summed E-state index contributed by atoms with van der Waals surface area (Å²) in [4.78, 5) is 10.9. The van der Waals surface area contributed by atoms with Gasteiger partial charge in [-0.3, -0.25) is 4.79 Å². The molecule has 0 saturated carbocycles. The molecule has 0 aliphatic carbocycles. The van der Waals surface area contributed by atoms with Gasteiger partial charge in [-0.25, -0.2) is 0 Å². The molecular formula is C20H26BrClN2O5. The summed E-state index contributed by atoms with van der Waals surface area (Å²) in [5.74, 6) is 1.88. The monoisotopic (exact) mass is 488 g/mol. The second-order valence-electron chi connectivity index (χ2n) is 5.98. The first-order valence-electron chi connectivity index (χ1n) is 8.67. The summed E-state index contributed by atoms with van der Waals surface area (Å²) in [6.45, 7) is 1.23. The number of methoxy groups -OCH3 is 3. The molecule has 0 spiro atoms. The molecule has 9 heteroatoms. The van der Waals surface area contributed by atoms with Crippen molar-refractivity contribution < 1.29 is 23.7 Å². The van der Waals surface area contributed by atoms with Crippen LogP contribution in [0.5, 0.6) is 23.0 Å². The van der Waals surface area contributed by atoms with Gasteiger partial charge in [-0.05, 0) is 64.3 Å². The molecule has 3 N–H and O–H groups in total. The van der Waals surface area contributed by atoms with Crippen molar-refractivity contribution in [3.8, 4) is 23.0 Å². The molecule has 0 aliphatic heterocycles. The molecule has 0 unspecified atom stereocenters. The lowest BCUT2D eigenvalue weighted by molar-refractivity contribution is -0.119. The molecule has 2 aromatic carbocycles. The Bertz CT molecular complexity index is 820. The van der Waals surface area contributed by atoms with Crippen LogP contribution in [0.25, 0.3) is 0 Å². The molecular weight excluding hydrogens is 464 g/mol. The van der Waals surface area contributed by atoms with Crippen LogP contribution in [-0.4, -0.2) is 40.4 Å². The zero-order valence-corrected chi connectivity index (χ0v) is 19.0. The summed E-state index contributed by atoms with van der Waals surface area (Å²) >= 11 is 3.45. The summed E-state index contributed by atoms with van der Waals surface area (Å²) in [5.41, 5.74) is 7.30. The van der Waals surface area contributed by atoms with Gasteiger partial charge in [0.05, 0.1) is 25.8 Å². The molecule has 2 rings (SSSR count). The number of primary amides is 1. The van der Waals surface area contributed by atoms with Gasteiger partial charge in [-0.2, -0.15) is 0 Å². The molecule has 29 heavy (non-hydrogen) atoms. The van der Waals surface area contributed by atoms with Gasteiger partial charge < -0.3 is 30.0 Å². The number of hydrogen-bond donors (Lipinski definition) is 2. The third kappa shape index (κ3) is 7.30. The Labute approximate surface area is 185 Å². The highest BCUT2D eigenvalue weighted by Crippen LogP contribution is 2.36. The van der Waals surface area contributed by atoms with E-state index in [0.29, 0.717) is 22.5 Å². The van der Waals surface area contributed by atoms with Crippen LogP contribution in [0.2, 0.25) is 0 Å². The van der Waals surface area contributed by atoms with Gasteiger partial charge in [-0.15, -0.1) is 12.4 Å². The lowest BCUT2D eigenvalue weighted by Crippen LogP contribution is -2.20. The minimum atomic E-state index is -0.546. The molecule has 0 atom stereocenters. The number of ether oxygens (including phenoxy) is 4. The van der Waals surface area contributed by atoms with E-state index in [4.69, 9.17) is 24.7 Å². The third-order valence-electron chi connectivity index (χ3n) is 4.02. The van der Waals surface area contributed by atoms with Crippen LogP contribution < -0.4 is 30.0 Å². The van der Waals surface area contributed by atoms with Gasteiger partial charge >= 0.3 is 0 Å². The summed E-state index contributed by atoms with van der Waals surface area (Å²) < 4.78 is 22.1. The maximum absolute atomic E-state index is 10.9. The van der Waals surface area contributed by atoms with E-state index in [1.54, 1.807) is 21.3 Å². The number of benzene rings is 2. The Balaban J connectivity index is 0.00000420. The van der Waals surface area contributed by atoms with Crippen LogP contribution in [0.1, 0.15) is 11.1 Å². The summed E-state index contributed by atoms with van der Waals surface area (Å²) in [7, 11) is 4.80. The Morgan fingerprint density at radius 2 is 1.66 bits per heavy atom. The van der Waals surface area contributed by atoms with Crippen molar-refractivity contribution in [3.63, 3.8) is 0 Å². The van der Waals surface area contributed by atoms with E-state index in [1.807, 2.05) is 30.3 Å². The molecule has 0 bridgehead atoms. The summed E-state index contributed by atoms with van der Waals surface area (Å²) in [6.07, 6.45) is 0.846. The van der Waals surface area contributed by atoms with Gasteiger partial charge in [0.2, 0.25) is 0 Å². The highest BCUT2D eigenvalue weighted by Gasteiger charge is 2.13. The second-order valence-corrected chi connectivity index (χ2v) is 6.83. The van der Waals surface area contributed by atoms with E-state index in [9.17, 15) is 4.79 Å². The predicted octanol–water partition coefficient (Wildman–Crippen LogP) is 3.09. The Kier molecular flexibility index (Phi) is 10.6. The minimum Gasteiger partial charge on any atom is -0.493 e. The van der Waals surface area contributed by atoms with Crippen molar-refractivity contribution >= 4 is 34.2 Å². The van der Waals surface area contributed by atoms with E-state index in [2.05, 4.69) is 21.2 Å². The number of amides is 1. The molecule has 7 nitrogen and oxygen atoms in total. The molecule has 1 amide bonds. The lowest BCUT2D eigenvalue weighted by Gasteiger charge is -2.14. The van der Waals surface area contributed by atoms with Crippen molar-refractivity contribution in [1.82, 2.24) is 5.32 Å². The van der Waals surface area contributed by atoms with Crippen LogP contribution in [-0.2, 0) is 17.8 Å².